The number of nitrogens with zero attached hydrogens (tertiary/aromatic N) is 2. The number of carbonyl (C=O) groups is 1. The lowest BCUT2D eigenvalue weighted by atomic mass is 9.98. The molecule has 1 fully saturated rings. The van der Waals surface area contributed by atoms with Gasteiger partial charge in [0.1, 0.15) is 0 Å². The monoisotopic (exact) mass is 393 g/mol. The molecule has 0 saturated carbocycles. The van der Waals surface area contributed by atoms with Gasteiger partial charge < -0.3 is 29.7 Å². The minimum Gasteiger partial charge on any atom is -0.494 e. The Morgan fingerprint density at radius 1 is 1.43 bits per heavy atom. The molecule has 1 aromatic heterocycles. The van der Waals surface area contributed by atoms with Crippen LogP contribution in [0.5, 0.6) is 5.75 Å². The predicted octanol–water partition coefficient (Wildman–Crippen LogP) is 2.30. The van der Waals surface area contributed by atoms with E-state index in [1.54, 1.807) is 0 Å². The van der Waals surface area contributed by atoms with Crippen LogP contribution in [0.4, 0.5) is 10.2 Å². The Balaban J connectivity index is 1.69. The van der Waals surface area contributed by atoms with Crippen LogP contribution in [0, 0.1) is 11.7 Å². The van der Waals surface area contributed by atoms with E-state index >= 15 is 0 Å². The molecule has 1 aliphatic heterocycles. The number of halogens is 1. The first-order valence-corrected chi connectivity index (χ1v) is 9.17. The first-order valence-electron chi connectivity index (χ1n) is 9.17. The number of rotatable bonds is 8. The molecule has 0 amide bonds. The van der Waals surface area contributed by atoms with E-state index < -0.39 is 11.8 Å². The topological polar surface area (TPSA) is 108 Å². The van der Waals surface area contributed by atoms with Crippen molar-refractivity contribution in [3.05, 3.63) is 29.6 Å². The molecule has 0 radical (unpaired) electrons. The average Bonchev–Trinajstić information content (AvgIpc) is 3.13. The Bertz CT molecular complexity index is 818. The third-order valence-corrected chi connectivity index (χ3v) is 5.01. The molecule has 1 saturated heterocycles. The number of anilines is 1. The number of carboxylic acids is 1. The van der Waals surface area contributed by atoms with Crippen molar-refractivity contribution in [1.82, 2.24) is 10.1 Å². The molecule has 152 valence electrons. The molecule has 0 spiro atoms. The summed E-state index contributed by atoms with van der Waals surface area (Å²) in [5.41, 5.74) is 0.259. The van der Waals surface area contributed by atoms with Crippen molar-refractivity contribution in [2.24, 2.45) is 5.92 Å². The van der Waals surface area contributed by atoms with Crippen LogP contribution in [-0.4, -0.2) is 66.1 Å². The Labute approximate surface area is 161 Å². The molecule has 0 atom stereocenters. The molecular weight excluding hydrogens is 369 g/mol. The van der Waals surface area contributed by atoms with Crippen molar-refractivity contribution in [2.45, 2.75) is 12.8 Å². The number of methoxy groups -OCH3 is 1. The summed E-state index contributed by atoms with van der Waals surface area (Å²) in [6.45, 7) is 3.26. The fourth-order valence-electron chi connectivity index (χ4n) is 3.33. The minimum atomic E-state index is -1.19. The van der Waals surface area contributed by atoms with E-state index in [9.17, 15) is 19.4 Å². The quantitative estimate of drug-likeness (QED) is 0.627. The summed E-state index contributed by atoms with van der Waals surface area (Å²) in [6.07, 6.45) is 1.91. The van der Waals surface area contributed by atoms with E-state index in [1.807, 2.05) is 0 Å². The Morgan fingerprint density at radius 3 is 2.82 bits per heavy atom. The molecule has 0 aliphatic carbocycles. The number of aliphatic hydroxyl groups is 1. The summed E-state index contributed by atoms with van der Waals surface area (Å²) in [4.78, 5) is 14.0. The molecule has 0 unspecified atom stereocenters. The van der Waals surface area contributed by atoms with Crippen LogP contribution in [0.3, 0.4) is 0 Å². The van der Waals surface area contributed by atoms with E-state index in [-0.39, 0.29) is 29.5 Å². The summed E-state index contributed by atoms with van der Waals surface area (Å²) in [5.74, 6) is -1.20. The highest BCUT2D eigenvalue weighted by Gasteiger charge is 2.25. The second kappa shape index (κ2) is 9.03. The maximum atomic E-state index is 13.6. The molecule has 2 heterocycles. The fourth-order valence-corrected chi connectivity index (χ4v) is 3.33. The van der Waals surface area contributed by atoms with E-state index in [0.717, 1.165) is 32.5 Å². The van der Waals surface area contributed by atoms with Crippen molar-refractivity contribution in [1.29, 1.82) is 0 Å². The maximum absolute atomic E-state index is 13.6. The zero-order valence-electron chi connectivity index (χ0n) is 15.7. The number of ether oxygens (including phenoxy) is 1. The highest BCUT2D eigenvalue weighted by atomic mass is 19.1. The van der Waals surface area contributed by atoms with E-state index in [0.29, 0.717) is 18.0 Å². The lowest BCUT2D eigenvalue weighted by molar-refractivity contribution is 0.0698. The molecule has 8 nitrogen and oxygen atoms in total. The molecule has 3 N–H and O–H groups in total. The number of likely N-dealkylation sites (tertiary alicyclic amines) is 1. The predicted molar refractivity (Wildman–Crippen MR) is 100 cm³/mol. The highest BCUT2D eigenvalue weighted by molar-refractivity contribution is 5.99. The third kappa shape index (κ3) is 4.42. The average molecular weight is 393 g/mol. The maximum Gasteiger partial charge on any atom is 0.343 e. The van der Waals surface area contributed by atoms with Gasteiger partial charge in [0.2, 0.25) is 0 Å². The molecule has 0 bridgehead atoms. The zero-order chi connectivity index (χ0) is 20.1. The van der Waals surface area contributed by atoms with E-state index in [1.165, 1.54) is 25.3 Å². The minimum absolute atomic E-state index is 0.00831. The van der Waals surface area contributed by atoms with Gasteiger partial charge in [-0.1, -0.05) is 5.16 Å². The molecule has 3 rings (SSSR count). The Morgan fingerprint density at radius 2 is 2.18 bits per heavy atom. The molecular formula is C19H24FN3O5. The lowest BCUT2D eigenvalue weighted by Crippen LogP contribution is -2.37. The number of piperidine rings is 1. The largest absolute Gasteiger partial charge is 0.494 e. The van der Waals surface area contributed by atoms with Gasteiger partial charge in [-0.15, -0.1) is 0 Å². The Hall–Kier alpha value is -2.65. The van der Waals surface area contributed by atoms with Crippen molar-refractivity contribution in [3.63, 3.8) is 0 Å². The molecule has 9 heteroatoms. The van der Waals surface area contributed by atoms with Crippen LogP contribution >= 0.6 is 0 Å². The number of carboxylic acid groups (broad SMARTS) is 1. The number of aromatic carboxylic acids is 1. The van der Waals surface area contributed by atoms with Crippen LogP contribution in [0.2, 0.25) is 0 Å². The first kappa shape index (κ1) is 20.1. The van der Waals surface area contributed by atoms with Gasteiger partial charge >= 0.3 is 5.97 Å². The SMILES string of the molecule is COc1cc(-c2onc(NCCN3CCC(CO)CC3)c2C(=O)O)ccc1F. The van der Waals surface area contributed by atoms with Crippen molar-refractivity contribution >= 4 is 11.8 Å². The summed E-state index contributed by atoms with van der Waals surface area (Å²) >= 11 is 0. The van der Waals surface area contributed by atoms with E-state index in [4.69, 9.17) is 9.26 Å². The lowest BCUT2D eigenvalue weighted by Gasteiger charge is -2.30. The molecule has 2 aromatic rings. The summed E-state index contributed by atoms with van der Waals surface area (Å²) in [7, 11) is 1.33. The molecule has 1 aromatic carbocycles. The summed E-state index contributed by atoms with van der Waals surface area (Å²) in [6, 6.07) is 3.97. The van der Waals surface area contributed by atoms with Gasteiger partial charge in [-0.2, -0.15) is 0 Å². The Kier molecular flexibility index (Phi) is 6.48. The van der Waals surface area contributed by atoms with Crippen molar-refractivity contribution < 1.29 is 28.7 Å². The fraction of sp³-hybridized carbons (Fsp3) is 0.474. The van der Waals surface area contributed by atoms with Gasteiger partial charge in [-0.05, 0) is 50.0 Å². The van der Waals surface area contributed by atoms with E-state index in [2.05, 4.69) is 15.4 Å². The van der Waals surface area contributed by atoms with Crippen LogP contribution in [0.1, 0.15) is 23.2 Å². The number of nitrogens with one attached hydrogen (secondary N) is 1. The summed E-state index contributed by atoms with van der Waals surface area (Å²) in [5, 5.41) is 25.7. The number of aromatic nitrogens is 1. The van der Waals surface area contributed by atoms with Gasteiger partial charge in [0.15, 0.2) is 28.7 Å². The van der Waals surface area contributed by atoms with Crippen molar-refractivity contribution in [2.75, 3.05) is 45.2 Å². The van der Waals surface area contributed by atoms with Crippen LogP contribution in [-0.2, 0) is 0 Å². The second-order valence-corrected chi connectivity index (χ2v) is 6.78. The summed E-state index contributed by atoms with van der Waals surface area (Å²) < 4.78 is 23.8. The second-order valence-electron chi connectivity index (χ2n) is 6.78. The highest BCUT2D eigenvalue weighted by Crippen LogP contribution is 2.32. The number of hydrogen-bond acceptors (Lipinski definition) is 7. The van der Waals surface area contributed by atoms with Gasteiger partial charge in [-0.25, -0.2) is 9.18 Å². The molecule has 28 heavy (non-hydrogen) atoms. The third-order valence-electron chi connectivity index (χ3n) is 5.01. The van der Waals surface area contributed by atoms with Crippen LogP contribution in [0.15, 0.2) is 22.7 Å². The standard InChI is InChI=1S/C19H24FN3O5/c1-27-15-10-13(2-3-14(15)20)17-16(19(25)26)18(22-28-17)21-6-9-23-7-4-12(11-24)5-8-23/h2-3,10,12,24H,4-9,11H2,1H3,(H,21,22)(H,25,26). The van der Waals surface area contributed by atoms with Gasteiger partial charge in [0, 0.05) is 25.3 Å². The number of benzene rings is 1. The zero-order valence-corrected chi connectivity index (χ0v) is 15.7. The van der Waals surface area contributed by atoms with Gasteiger partial charge in [-0.3, -0.25) is 0 Å². The molecule has 1 aliphatic rings. The van der Waals surface area contributed by atoms with Gasteiger partial charge in [0.25, 0.3) is 0 Å². The normalized spacial score (nSPS) is 15.5. The smallest absolute Gasteiger partial charge is 0.343 e. The van der Waals surface area contributed by atoms with Gasteiger partial charge in [0.05, 0.1) is 7.11 Å². The van der Waals surface area contributed by atoms with Crippen molar-refractivity contribution in [3.8, 4) is 17.1 Å². The first-order chi connectivity index (χ1) is 13.5. The number of aliphatic hydroxyl groups excluding tert-OH is 1. The van der Waals surface area contributed by atoms with Crippen LogP contribution < -0.4 is 10.1 Å². The van der Waals surface area contributed by atoms with Crippen LogP contribution in [0.25, 0.3) is 11.3 Å². The number of hydrogen-bond donors (Lipinski definition) is 3.